The number of nitro groups is 2. The standard InChI is InChI=1S/C38H32BNO2.C38H24N2O2.C6H4BrNO2/c1-37(2)38(3,4)42-39(41-37)34-16-10-12-27-23-32-26(24-33(27)34)11-9-15-29(32)25-19-21-28(22-20-25)40-35-17-7-5-13-30(35)31-14-6-8-18-36(31)40;41-40(42)38-18-6-3-11-31(38)30-15-8-10-27-23-34-26(24-35(27)30)9-7-14-29(34)25-19-21-28(22-20-25)39-36-16-4-1-12-32(36)33-13-2-5-17-37(33)39;7-5-3-1-2-4-6(5)8(9)10/h5-24H,1-4H3;1-24H;1-4H. The van der Waals surface area contributed by atoms with E-state index in [9.17, 15) is 20.2 Å². The fraction of sp³-hybridized carbons (Fsp3) is 0.0732. The summed E-state index contributed by atoms with van der Waals surface area (Å²) in [5.41, 5.74) is 13.9. The van der Waals surface area contributed by atoms with Crippen LogP contribution in [0.1, 0.15) is 27.7 Å². The summed E-state index contributed by atoms with van der Waals surface area (Å²) in [4.78, 5) is 21.2. The third-order valence-corrected chi connectivity index (χ3v) is 19.4. The maximum absolute atomic E-state index is 11.8. The highest BCUT2D eigenvalue weighted by atomic mass is 79.9. The lowest BCUT2D eigenvalue weighted by Crippen LogP contribution is -2.41. The van der Waals surface area contributed by atoms with Crippen LogP contribution in [-0.2, 0) is 9.31 Å². The van der Waals surface area contributed by atoms with E-state index < -0.39 is 12.0 Å². The molecule has 3 heterocycles. The number of hydrogen-bond donors (Lipinski definition) is 0. The molecule has 14 aromatic carbocycles. The molecule has 0 amide bonds. The minimum absolute atomic E-state index is 0.0995. The lowest BCUT2D eigenvalue weighted by atomic mass is 9.75. The Hall–Kier alpha value is -11.0. The van der Waals surface area contributed by atoms with Gasteiger partial charge in [-0.05, 0) is 205 Å². The van der Waals surface area contributed by atoms with E-state index in [4.69, 9.17) is 9.31 Å². The molecule has 1 aliphatic rings. The number of aromatic nitrogens is 2. The Morgan fingerprint density at radius 1 is 0.340 bits per heavy atom. The van der Waals surface area contributed by atoms with Crippen molar-refractivity contribution in [1.29, 1.82) is 0 Å². The number of halogens is 1. The summed E-state index contributed by atoms with van der Waals surface area (Å²) < 4.78 is 18.1. The molecular formula is C82H60BBrN4O6. The van der Waals surface area contributed by atoms with Crippen LogP contribution in [0.15, 0.2) is 296 Å². The third kappa shape index (κ3) is 10.5. The number of hydrogen-bond acceptors (Lipinski definition) is 6. The van der Waals surface area contributed by atoms with Crippen molar-refractivity contribution in [1.82, 2.24) is 9.13 Å². The summed E-state index contributed by atoms with van der Waals surface area (Å²) in [5, 5.41) is 36.1. The van der Waals surface area contributed by atoms with Crippen molar-refractivity contribution >= 4 is 127 Å². The van der Waals surface area contributed by atoms with Gasteiger partial charge in [-0.3, -0.25) is 20.2 Å². The van der Waals surface area contributed by atoms with Crippen molar-refractivity contribution in [3.8, 4) is 44.8 Å². The van der Waals surface area contributed by atoms with E-state index in [0.717, 1.165) is 55.1 Å². The van der Waals surface area contributed by atoms with Crippen LogP contribution in [0, 0.1) is 20.2 Å². The molecule has 1 fully saturated rings. The van der Waals surface area contributed by atoms with Crippen molar-refractivity contribution in [2.45, 2.75) is 38.9 Å². The van der Waals surface area contributed by atoms with E-state index in [0.29, 0.717) is 10.0 Å². The predicted octanol–water partition coefficient (Wildman–Crippen LogP) is 21.7. The molecule has 0 atom stereocenters. The Labute approximate surface area is 551 Å². The van der Waals surface area contributed by atoms with Gasteiger partial charge in [0.1, 0.15) is 0 Å². The monoisotopic (exact) mass is 1290 g/mol. The van der Waals surface area contributed by atoms with Gasteiger partial charge in [0, 0.05) is 45.1 Å². The average molecular weight is 1290 g/mol. The number of nitrogens with zero attached hydrogens (tertiary/aromatic N) is 4. The number of para-hydroxylation sites is 6. The van der Waals surface area contributed by atoms with Crippen LogP contribution in [0.2, 0.25) is 0 Å². The van der Waals surface area contributed by atoms with Gasteiger partial charge in [0.05, 0.1) is 53.2 Å². The van der Waals surface area contributed by atoms with Crippen LogP contribution in [0.25, 0.3) is 131 Å². The fourth-order valence-electron chi connectivity index (χ4n) is 13.5. The molecule has 94 heavy (non-hydrogen) atoms. The number of nitro benzene ring substituents is 2. The Morgan fingerprint density at radius 2 is 0.670 bits per heavy atom. The quantitative estimate of drug-likeness (QED) is 0.0648. The summed E-state index contributed by atoms with van der Waals surface area (Å²) in [6, 6.07) is 99.9. The Morgan fingerprint density at radius 3 is 1.09 bits per heavy atom. The van der Waals surface area contributed by atoms with E-state index in [1.165, 1.54) is 82.3 Å². The van der Waals surface area contributed by atoms with Crippen molar-refractivity contribution in [2.24, 2.45) is 0 Å². The zero-order chi connectivity index (χ0) is 64.4. The zero-order valence-corrected chi connectivity index (χ0v) is 53.5. The van der Waals surface area contributed by atoms with E-state index in [-0.39, 0.29) is 27.5 Å². The van der Waals surface area contributed by atoms with Gasteiger partial charge >= 0.3 is 7.12 Å². The molecule has 16 aromatic rings. The lowest BCUT2D eigenvalue weighted by Gasteiger charge is -2.32. The summed E-state index contributed by atoms with van der Waals surface area (Å²) in [6.07, 6.45) is 0. The molecule has 0 radical (unpaired) electrons. The van der Waals surface area contributed by atoms with Crippen molar-refractivity contribution in [2.75, 3.05) is 0 Å². The maximum atomic E-state index is 11.8. The van der Waals surface area contributed by atoms with Gasteiger partial charge < -0.3 is 18.4 Å². The second kappa shape index (κ2) is 23.9. The Bertz CT molecular complexity index is 5560. The Balaban J connectivity index is 0.000000135. The molecule has 0 bridgehead atoms. The SMILES string of the molecule is CC1(C)OB(c2cccc3cc4c(-c5ccc(-n6c7ccccc7c7ccccc76)cc5)cccc4cc23)OC1(C)C.O=[N+]([O-])c1ccccc1-c1cccc2cc3c(-c4ccc(-n5c6ccccc6c6ccccc65)cc4)cccc3cc12.O=[N+]([O-])c1ccccc1Br. The van der Waals surface area contributed by atoms with Crippen molar-refractivity contribution in [3.05, 3.63) is 316 Å². The zero-order valence-electron chi connectivity index (χ0n) is 51.9. The summed E-state index contributed by atoms with van der Waals surface area (Å²) >= 11 is 3.06. The van der Waals surface area contributed by atoms with Crippen LogP contribution >= 0.6 is 15.9 Å². The summed E-state index contributed by atoms with van der Waals surface area (Å²) in [5.74, 6) is 0. The molecule has 0 aliphatic carbocycles. The van der Waals surface area contributed by atoms with E-state index in [2.05, 4.69) is 283 Å². The van der Waals surface area contributed by atoms with Crippen LogP contribution in [0.5, 0.6) is 0 Å². The topological polar surface area (TPSA) is 115 Å². The van der Waals surface area contributed by atoms with Crippen LogP contribution in [0.4, 0.5) is 11.4 Å². The second-order valence-electron chi connectivity index (χ2n) is 24.8. The van der Waals surface area contributed by atoms with Gasteiger partial charge in [-0.15, -0.1) is 0 Å². The number of benzene rings is 14. The van der Waals surface area contributed by atoms with E-state index >= 15 is 0 Å². The van der Waals surface area contributed by atoms with Crippen LogP contribution in [-0.4, -0.2) is 37.3 Å². The largest absolute Gasteiger partial charge is 0.495 e. The molecule has 0 unspecified atom stereocenters. The van der Waals surface area contributed by atoms with E-state index in [1.54, 1.807) is 30.3 Å². The minimum atomic E-state index is -0.427. The number of fused-ring (bicyclic) bond motifs is 10. The van der Waals surface area contributed by atoms with Crippen molar-refractivity contribution in [3.63, 3.8) is 0 Å². The van der Waals surface area contributed by atoms with Gasteiger partial charge in [-0.1, -0.05) is 194 Å². The first kappa shape index (κ1) is 59.3. The first-order valence-electron chi connectivity index (χ1n) is 31.3. The molecule has 0 spiro atoms. The smallest absolute Gasteiger partial charge is 0.399 e. The molecule has 454 valence electrons. The molecule has 2 aromatic heterocycles. The first-order valence-corrected chi connectivity index (χ1v) is 32.1. The highest BCUT2D eigenvalue weighted by Crippen LogP contribution is 2.42. The first-order chi connectivity index (χ1) is 45.7. The van der Waals surface area contributed by atoms with Crippen LogP contribution in [0.3, 0.4) is 0 Å². The van der Waals surface area contributed by atoms with Crippen molar-refractivity contribution < 1.29 is 19.2 Å². The average Bonchev–Trinajstić information content (AvgIpc) is 1.59. The predicted molar refractivity (Wildman–Crippen MR) is 391 cm³/mol. The third-order valence-electron chi connectivity index (χ3n) is 18.8. The Kier molecular flexibility index (Phi) is 15.1. The van der Waals surface area contributed by atoms with Crippen LogP contribution < -0.4 is 5.46 Å². The molecule has 1 aliphatic heterocycles. The normalized spacial score (nSPS) is 13.4. The molecule has 17 rings (SSSR count). The van der Waals surface area contributed by atoms with Gasteiger partial charge in [0.25, 0.3) is 11.4 Å². The van der Waals surface area contributed by atoms with Gasteiger partial charge in [-0.2, -0.15) is 0 Å². The molecule has 0 saturated carbocycles. The highest BCUT2D eigenvalue weighted by molar-refractivity contribution is 9.10. The molecule has 1 saturated heterocycles. The second-order valence-corrected chi connectivity index (χ2v) is 25.6. The van der Waals surface area contributed by atoms with Gasteiger partial charge in [0.2, 0.25) is 0 Å². The maximum Gasteiger partial charge on any atom is 0.495 e. The highest BCUT2D eigenvalue weighted by Gasteiger charge is 2.52. The van der Waals surface area contributed by atoms with Gasteiger partial charge in [0.15, 0.2) is 0 Å². The molecule has 10 nitrogen and oxygen atoms in total. The summed E-state index contributed by atoms with van der Waals surface area (Å²) in [7, 11) is -0.396. The molecule has 12 heteroatoms. The molecule has 0 N–H and O–H groups in total. The van der Waals surface area contributed by atoms with Gasteiger partial charge in [-0.25, -0.2) is 0 Å². The minimum Gasteiger partial charge on any atom is -0.399 e. The number of rotatable bonds is 8. The fourth-order valence-corrected chi connectivity index (χ4v) is 13.9. The summed E-state index contributed by atoms with van der Waals surface area (Å²) in [6.45, 7) is 8.41. The molecular weight excluding hydrogens is 1230 g/mol. The van der Waals surface area contributed by atoms with E-state index in [1.807, 2.05) is 24.3 Å². The lowest BCUT2D eigenvalue weighted by molar-refractivity contribution is -0.385.